The van der Waals surface area contributed by atoms with E-state index in [9.17, 15) is 5.11 Å². The molecule has 0 radical (unpaired) electrons. The molecule has 22 heavy (non-hydrogen) atoms. The zero-order chi connectivity index (χ0) is 15.7. The van der Waals surface area contributed by atoms with Crippen molar-refractivity contribution in [1.29, 1.82) is 0 Å². The second-order valence-electron chi connectivity index (χ2n) is 5.88. The number of ether oxygens (including phenoxy) is 1. The summed E-state index contributed by atoms with van der Waals surface area (Å²) in [7, 11) is 0. The van der Waals surface area contributed by atoms with Crippen LogP contribution in [0.15, 0.2) is 48.7 Å². The first kappa shape index (κ1) is 14.5. The van der Waals surface area contributed by atoms with E-state index in [0.29, 0.717) is 18.4 Å². The minimum absolute atomic E-state index is 0.172. The Hall–Kier alpha value is -2.42. The topological polar surface area (TPSA) is 34.4 Å². The van der Waals surface area contributed by atoms with Crippen molar-refractivity contribution >= 4 is 10.9 Å². The van der Waals surface area contributed by atoms with E-state index in [0.717, 1.165) is 5.56 Å². The van der Waals surface area contributed by atoms with Gasteiger partial charge in [0, 0.05) is 23.2 Å². The molecule has 3 rings (SSSR count). The van der Waals surface area contributed by atoms with Crippen LogP contribution in [0.4, 0.5) is 0 Å². The van der Waals surface area contributed by atoms with Gasteiger partial charge in [-0.15, -0.1) is 0 Å². The van der Waals surface area contributed by atoms with E-state index in [1.807, 2.05) is 6.07 Å². The Bertz CT molecular complexity index is 802. The quantitative estimate of drug-likeness (QED) is 0.749. The maximum Gasteiger partial charge on any atom is 0.161 e. The molecule has 2 aromatic carbocycles. The lowest BCUT2D eigenvalue weighted by Gasteiger charge is -2.10. The van der Waals surface area contributed by atoms with E-state index in [2.05, 4.69) is 49.7 Å². The van der Waals surface area contributed by atoms with Crippen LogP contribution in [0.1, 0.15) is 31.0 Å². The van der Waals surface area contributed by atoms with E-state index in [1.54, 1.807) is 18.2 Å². The Balaban J connectivity index is 1.98. The number of aromatic hydroxyl groups is 1. The van der Waals surface area contributed by atoms with Gasteiger partial charge in [-0.25, -0.2) is 0 Å². The van der Waals surface area contributed by atoms with Crippen molar-refractivity contribution in [2.75, 3.05) is 0 Å². The lowest BCUT2D eigenvalue weighted by atomic mass is 10.1. The smallest absolute Gasteiger partial charge is 0.161 e. The van der Waals surface area contributed by atoms with Crippen molar-refractivity contribution in [2.45, 2.75) is 33.4 Å². The maximum absolute atomic E-state index is 9.81. The second kappa shape index (κ2) is 5.76. The van der Waals surface area contributed by atoms with E-state index < -0.39 is 0 Å². The zero-order valence-electron chi connectivity index (χ0n) is 13.2. The van der Waals surface area contributed by atoms with Crippen LogP contribution in [0.25, 0.3) is 10.9 Å². The number of aryl methyl sites for hydroxylation is 1. The number of phenols is 1. The van der Waals surface area contributed by atoms with Crippen LogP contribution < -0.4 is 4.74 Å². The zero-order valence-corrected chi connectivity index (χ0v) is 13.2. The van der Waals surface area contributed by atoms with Gasteiger partial charge in [-0.1, -0.05) is 30.3 Å². The number of aromatic nitrogens is 1. The number of fused-ring (bicyclic) bond motifs is 1. The SMILES string of the molecule is Cc1cccc2c(COc3ccccc3O)cn(C(C)C)c12. The molecule has 3 nitrogen and oxygen atoms in total. The molecular formula is C19H21NO2. The van der Waals surface area contributed by atoms with Crippen LogP contribution in [0.2, 0.25) is 0 Å². The average Bonchev–Trinajstić information content (AvgIpc) is 2.87. The minimum atomic E-state index is 0.172. The molecule has 0 atom stereocenters. The lowest BCUT2D eigenvalue weighted by molar-refractivity contribution is 0.290. The first-order valence-corrected chi connectivity index (χ1v) is 7.57. The van der Waals surface area contributed by atoms with Gasteiger partial charge in [-0.2, -0.15) is 0 Å². The largest absolute Gasteiger partial charge is 0.504 e. The molecule has 3 heteroatoms. The van der Waals surface area contributed by atoms with Gasteiger partial charge in [-0.3, -0.25) is 0 Å². The Morgan fingerprint density at radius 3 is 2.59 bits per heavy atom. The average molecular weight is 295 g/mol. The van der Waals surface area contributed by atoms with Crippen LogP contribution in [0, 0.1) is 6.92 Å². The fraction of sp³-hybridized carbons (Fsp3) is 0.263. The summed E-state index contributed by atoms with van der Waals surface area (Å²) >= 11 is 0. The molecule has 0 saturated heterocycles. The van der Waals surface area contributed by atoms with Crippen LogP contribution in [0.3, 0.4) is 0 Å². The number of para-hydroxylation sites is 3. The summed E-state index contributed by atoms with van der Waals surface area (Å²) in [6.07, 6.45) is 2.16. The molecule has 0 amide bonds. The molecule has 0 unspecified atom stereocenters. The highest BCUT2D eigenvalue weighted by Crippen LogP contribution is 2.30. The van der Waals surface area contributed by atoms with E-state index in [4.69, 9.17) is 4.74 Å². The molecule has 3 aromatic rings. The van der Waals surface area contributed by atoms with Crippen molar-refractivity contribution in [1.82, 2.24) is 4.57 Å². The van der Waals surface area contributed by atoms with Crippen LogP contribution >= 0.6 is 0 Å². The number of hydrogen-bond donors (Lipinski definition) is 1. The van der Waals surface area contributed by atoms with Crippen LogP contribution in [-0.4, -0.2) is 9.67 Å². The van der Waals surface area contributed by atoms with E-state index >= 15 is 0 Å². The standard InChI is InChI=1S/C19H21NO2/c1-13(2)20-11-15(16-8-6-7-14(3)19(16)20)12-22-18-10-5-4-9-17(18)21/h4-11,13,21H,12H2,1-3H3. The number of hydrogen-bond acceptors (Lipinski definition) is 2. The van der Waals surface area contributed by atoms with E-state index in [-0.39, 0.29) is 5.75 Å². The molecule has 0 saturated carbocycles. The van der Waals surface area contributed by atoms with Crippen LogP contribution in [0.5, 0.6) is 11.5 Å². The molecule has 1 N–H and O–H groups in total. The van der Waals surface area contributed by atoms with Crippen molar-refractivity contribution < 1.29 is 9.84 Å². The van der Waals surface area contributed by atoms with Gasteiger partial charge in [0.1, 0.15) is 6.61 Å². The van der Waals surface area contributed by atoms with E-state index in [1.165, 1.54) is 16.5 Å². The molecule has 0 spiro atoms. The predicted octanol–water partition coefficient (Wildman–Crippen LogP) is 4.82. The Morgan fingerprint density at radius 2 is 1.86 bits per heavy atom. The summed E-state index contributed by atoms with van der Waals surface area (Å²) < 4.78 is 8.09. The lowest BCUT2D eigenvalue weighted by Crippen LogP contribution is -1.99. The summed E-state index contributed by atoms with van der Waals surface area (Å²) in [5.41, 5.74) is 3.66. The number of phenolic OH excluding ortho intramolecular Hbond substituents is 1. The second-order valence-corrected chi connectivity index (χ2v) is 5.88. The highest BCUT2D eigenvalue weighted by atomic mass is 16.5. The van der Waals surface area contributed by atoms with Crippen LogP contribution in [-0.2, 0) is 6.61 Å². The molecule has 1 aromatic heterocycles. The van der Waals surface area contributed by atoms with Gasteiger partial charge in [0.2, 0.25) is 0 Å². The Labute approximate surface area is 130 Å². The van der Waals surface area contributed by atoms with Crippen molar-refractivity contribution in [2.24, 2.45) is 0 Å². The molecule has 0 aliphatic heterocycles. The summed E-state index contributed by atoms with van der Waals surface area (Å²) in [5, 5.41) is 11.0. The molecule has 1 heterocycles. The molecule has 0 bridgehead atoms. The number of nitrogens with zero attached hydrogens (tertiary/aromatic N) is 1. The molecule has 0 aliphatic carbocycles. The monoisotopic (exact) mass is 295 g/mol. The first-order chi connectivity index (χ1) is 10.6. The van der Waals surface area contributed by atoms with Gasteiger partial charge in [-0.05, 0) is 38.5 Å². The van der Waals surface area contributed by atoms with Crippen molar-refractivity contribution in [3.8, 4) is 11.5 Å². The third-order valence-electron chi connectivity index (χ3n) is 3.94. The van der Waals surface area contributed by atoms with Gasteiger partial charge < -0.3 is 14.4 Å². The highest BCUT2D eigenvalue weighted by Gasteiger charge is 2.13. The normalized spacial score (nSPS) is 11.3. The fourth-order valence-electron chi connectivity index (χ4n) is 2.82. The predicted molar refractivity (Wildman–Crippen MR) is 89.5 cm³/mol. The van der Waals surface area contributed by atoms with Gasteiger partial charge in [0.15, 0.2) is 11.5 Å². The summed E-state index contributed by atoms with van der Waals surface area (Å²) in [6, 6.07) is 13.8. The summed E-state index contributed by atoms with van der Waals surface area (Å²) in [5.74, 6) is 0.687. The summed E-state index contributed by atoms with van der Waals surface area (Å²) in [6.45, 7) is 6.94. The van der Waals surface area contributed by atoms with Gasteiger partial charge >= 0.3 is 0 Å². The number of benzene rings is 2. The Kier molecular flexibility index (Phi) is 3.80. The van der Waals surface area contributed by atoms with Gasteiger partial charge in [0.05, 0.1) is 5.52 Å². The third-order valence-corrected chi connectivity index (χ3v) is 3.94. The Morgan fingerprint density at radius 1 is 1.09 bits per heavy atom. The minimum Gasteiger partial charge on any atom is -0.504 e. The first-order valence-electron chi connectivity index (χ1n) is 7.57. The molecule has 0 aliphatic rings. The van der Waals surface area contributed by atoms with Crippen molar-refractivity contribution in [3.63, 3.8) is 0 Å². The fourth-order valence-corrected chi connectivity index (χ4v) is 2.82. The van der Waals surface area contributed by atoms with Gasteiger partial charge in [0.25, 0.3) is 0 Å². The third kappa shape index (κ3) is 2.54. The maximum atomic E-state index is 9.81. The van der Waals surface area contributed by atoms with Crippen molar-refractivity contribution in [3.05, 3.63) is 59.8 Å². The molecule has 0 fully saturated rings. The highest BCUT2D eigenvalue weighted by molar-refractivity contribution is 5.86. The molecular weight excluding hydrogens is 274 g/mol. The number of rotatable bonds is 4. The molecule has 114 valence electrons. The summed E-state index contributed by atoms with van der Waals surface area (Å²) in [4.78, 5) is 0.